The molecule has 0 saturated heterocycles. The summed E-state index contributed by atoms with van der Waals surface area (Å²) in [7, 11) is 0. The first-order valence-electron chi connectivity index (χ1n) is 5.26. The first-order chi connectivity index (χ1) is 7.04. The molecule has 0 amide bonds. The number of nitrogens with two attached hydrogens (primary N) is 1. The van der Waals surface area contributed by atoms with E-state index in [-0.39, 0.29) is 11.2 Å². The fraction of sp³-hybridized carbons (Fsp3) is 0.500. The van der Waals surface area contributed by atoms with Crippen molar-refractivity contribution in [3.8, 4) is 0 Å². The quantitative estimate of drug-likeness (QED) is 0.600. The van der Waals surface area contributed by atoms with E-state index in [0.717, 1.165) is 24.0 Å². The third-order valence-corrected chi connectivity index (χ3v) is 2.66. The maximum absolute atomic E-state index is 13.5. The maximum atomic E-state index is 13.5. The van der Waals surface area contributed by atoms with Crippen molar-refractivity contribution in [3.63, 3.8) is 0 Å². The number of hydrogen-bond donors (Lipinski definition) is 2. The average molecular weight is 227 g/mol. The van der Waals surface area contributed by atoms with E-state index in [1.165, 1.54) is 0 Å². The minimum Gasteiger partial charge on any atom is -0.319 e. The lowest BCUT2D eigenvalue weighted by Gasteiger charge is -2.11. The Morgan fingerprint density at radius 2 is 2.13 bits per heavy atom. The summed E-state index contributed by atoms with van der Waals surface area (Å²) in [5.41, 5.74) is 8.32. The molecule has 0 aliphatic heterocycles. The van der Waals surface area contributed by atoms with E-state index in [9.17, 15) is 4.39 Å². The third-order valence-electron chi connectivity index (χ3n) is 2.48. The molecule has 0 radical (unpaired) electrons. The number of aryl methyl sites for hydroxylation is 1. The van der Waals surface area contributed by atoms with Crippen molar-refractivity contribution in [1.82, 2.24) is 0 Å². The molecule has 0 aromatic heterocycles. The summed E-state index contributed by atoms with van der Waals surface area (Å²) in [4.78, 5) is 0. The first kappa shape index (κ1) is 12.5. The molecule has 1 nitrogen and oxygen atoms in total. The molecule has 0 unspecified atom stereocenters. The molecule has 3 heteroatoms. The Morgan fingerprint density at radius 1 is 1.47 bits per heavy atom. The van der Waals surface area contributed by atoms with E-state index in [0.29, 0.717) is 12.0 Å². The Morgan fingerprint density at radius 3 is 2.67 bits per heavy atom. The Kier molecular flexibility index (Phi) is 4.61. The molecular weight excluding hydrogens is 209 g/mol. The highest BCUT2D eigenvalue weighted by Gasteiger charge is 2.08. The topological polar surface area (TPSA) is 26.0 Å². The van der Waals surface area contributed by atoms with Crippen LogP contribution in [0, 0.1) is 12.7 Å². The molecule has 0 spiro atoms. The Bertz CT molecular complexity index is 337. The van der Waals surface area contributed by atoms with Crippen LogP contribution in [0.15, 0.2) is 12.1 Å². The molecule has 2 N–H and O–H groups in total. The van der Waals surface area contributed by atoms with Crippen LogP contribution in [0.25, 0.3) is 0 Å². The summed E-state index contributed by atoms with van der Waals surface area (Å²) in [6.07, 6.45) is 2.55. The van der Waals surface area contributed by atoms with Crippen molar-refractivity contribution in [2.24, 2.45) is 5.73 Å². The van der Waals surface area contributed by atoms with Crippen LogP contribution >= 0.6 is 12.6 Å². The van der Waals surface area contributed by atoms with Gasteiger partial charge in [-0.2, -0.15) is 12.6 Å². The summed E-state index contributed by atoms with van der Waals surface area (Å²) >= 11 is 4.13. The van der Waals surface area contributed by atoms with Crippen molar-refractivity contribution in [3.05, 3.63) is 34.6 Å². The number of rotatable bonds is 4. The fourth-order valence-electron chi connectivity index (χ4n) is 1.67. The Hall–Kier alpha value is -0.540. The molecule has 1 atom stereocenters. The molecule has 84 valence electrons. The van der Waals surface area contributed by atoms with Gasteiger partial charge in [0, 0.05) is 0 Å². The lowest BCUT2D eigenvalue weighted by atomic mass is 9.99. The van der Waals surface area contributed by atoms with Gasteiger partial charge in [-0.15, -0.1) is 0 Å². The minimum atomic E-state index is -0.222. The van der Waals surface area contributed by atoms with E-state index < -0.39 is 0 Å². The molecular formula is C12H18FNS. The van der Waals surface area contributed by atoms with Gasteiger partial charge in [-0.3, -0.25) is 0 Å². The summed E-state index contributed by atoms with van der Waals surface area (Å²) in [6.45, 7) is 3.87. The Labute approximate surface area is 96.3 Å². The number of thiol groups is 1. The van der Waals surface area contributed by atoms with E-state index in [4.69, 9.17) is 5.73 Å². The summed E-state index contributed by atoms with van der Waals surface area (Å²) in [5.74, 6) is -0.134. The first-order valence-corrected chi connectivity index (χ1v) is 5.77. The van der Waals surface area contributed by atoms with Gasteiger partial charge in [-0.05, 0) is 42.5 Å². The van der Waals surface area contributed by atoms with E-state index in [1.807, 2.05) is 6.07 Å². The van der Waals surface area contributed by atoms with Crippen LogP contribution in [-0.4, -0.2) is 5.37 Å². The molecule has 1 aromatic carbocycles. The fourth-order valence-corrected chi connectivity index (χ4v) is 1.87. The van der Waals surface area contributed by atoms with E-state index in [2.05, 4.69) is 19.6 Å². The van der Waals surface area contributed by atoms with Gasteiger partial charge in [0.15, 0.2) is 0 Å². The monoisotopic (exact) mass is 227 g/mol. The molecule has 0 saturated carbocycles. The highest BCUT2D eigenvalue weighted by Crippen LogP contribution is 2.18. The van der Waals surface area contributed by atoms with Gasteiger partial charge in [0.05, 0.1) is 5.37 Å². The summed E-state index contributed by atoms with van der Waals surface area (Å²) in [5, 5.41) is -0.222. The van der Waals surface area contributed by atoms with Crippen molar-refractivity contribution in [1.29, 1.82) is 0 Å². The number of benzene rings is 1. The van der Waals surface area contributed by atoms with Crippen LogP contribution in [0.4, 0.5) is 4.39 Å². The van der Waals surface area contributed by atoms with Gasteiger partial charge in [-0.25, -0.2) is 4.39 Å². The van der Waals surface area contributed by atoms with E-state index >= 15 is 0 Å². The standard InChI is InChI=1S/C12H18FNS/c1-3-4-9-5-10(7-12(14)15)8(2)11(13)6-9/h5-6,12,15H,3-4,7,14H2,1-2H3/t12-/m1/s1. The highest BCUT2D eigenvalue weighted by atomic mass is 32.1. The van der Waals surface area contributed by atoms with Gasteiger partial charge < -0.3 is 5.73 Å². The second-order valence-corrected chi connectivity index (χ2v) is 4.55. The van der Waals surface area contributed by atoms with Crippen LogP contribution in [0.5, 0.6) is 0 Å². The second-order valence-electron chi connectivity index (χ2n) is 3.88. The van der Waals surface area contributed by atoms with Crippen LogP contribution in [0.3, 0.4) is 0 Å². The summed E-state index contributed by atoms with van der Waals surface area (Å²) < 4.78 is 13.5. The number of hydrogen-bond acceptors (Lipinski definition) is 2. The van der Waals surface area contributed by atoms with Crippen molar-refractivity contribution in [2.45, 2.75) is 38.5 Å². The molecule has 0 bridgehead atoms. The van der Waals surface area contributed by atoms with Crippen molar-refractivity contribution in [2.75, 3.05) is 0 Å². The SMILES string of the molecule is CCCc1cc(F)c(C)c(C[C@H](N)S)c1. The van der Waals surface area contributed by atoms with Gasteiger partial charge in [0.1, 0.15) is 5.82 Å². The smallest absolute Gasteiger partial charge is 0.126 e. The molecule has 1 aromatic rings. The summed E-state index contributed by atoms with van der Waals surface area (Å²) in [6, 6.07) is 3.66. The molecule has 0 heterocycles. The van der Waals surface area contributed by atoms with Crippen molar-refractivity contribution < 1.29 is 4.39 Å². The second kappa shape index (κ2) is 5.52. The lowest BCUT2D eigenvalue weighted by Crippen LogP contribution is -2.16. The van der Waals surface area contributed by atoms with Crippen LogP contribution in [0.2, 0.25) is 0 Å². The van der Waals surface area contributed by atoms with Crippen LogP contribution in [-0.2, 0) is 12.8 Å². The van der Waals surface area contributed by atoms with Crippen LogP contribution in [0.1, 0.15) is 30.0 Å². The molecule has 0 aliphatic carbocycles. The zero-order valence-electron chi connectivity index (χ0n) is 9.26. The van der Waals surface area contributed by atoms with Gasteiger partial charge in [-0.1, -0.05) is 19.4 Å². The minimum absolute atomic E-state index is 0.134. The molecule has 0 aliphatic rings. The largest absolute Gasteiger partial charge is 0.319 e. The van der Waals surface area contributed by atoms with Gasteiger partial charge in [0.25, 0.3) is 0 Å². The third kappa shape index (κ3) is 3.50. The van der Waals surface area contributed by atoms with Gasteiger partial charge in [0.2, 0.25) is 0 Å². The predicted molar refractivity (Wildman–Crippen MR) is 65.8 cm³/mol. The maximum Gasteiger partial charge on any atom is 0.126 e. The molecule has 1 rings (SSSR count). The predicted octanol–water partition coefficient (Wildman–Crippen LogP) is 2.84. The highest BCUT2D eigenvalue weighted by molar-refractivity contribution is 7.80. The number of halogens is 1. The average Bonchev–Trinajstić information content (AvgIpc) is 2.13. The molecule has 15 heavy (non-hydrogen) atoms. The Balaban J connectivity index is 3.01. The molecule has 0 fully saturated rings. The van der Waals surface area contributed by atoms with E-state index in [1.54, 1.807) is 13.0 Å². The van der Waals surface area contributed by atoms with Crippen molar-refractivity contribution >= 4 is 12.6 Å². The zero-order valence-corrected chi connectivity index (χ0v) is 10.2. The normalized spacial score (nSPS) is 12.9. The lowest BCUT2D eigenvalue weighted by molar-refractivity contribution is 0.611. The van der Waals surface area contributed by atoms with Crippen LogP contribution < -0.4 is 5.73 Å². The zero-order chi connectivity index (χ0) is 11.4. The van der Waals surface area contributed by atoms with Gasteiger partial charge >= 0.3 is 0 Å².